The molecule has 0 amide bonds. The molecule has 0 aliphatic carbocycles. The van der Waals surface area contributed by atoms with Gasteiger partial charge in [0.15, 0.2) is 0 Å². The molecule has 0 aliphatic heterocycles. The Kier molecular flexibility index (Phi) is 13.3. The van der Waals surface area contributed by atoms with Crippen LogP contribution < -0.4 is 0 Å². The molecule has 0 saturated heterocycles. The highest BCUT2D eigenvalue weighted by Gasteiger charge is 2.36. The van der Waals surface area contributed by atoms with Gasteiger partial charge >= 0.3 is 0 Å². The molecule has 28 heavy (non-hydrogen) atoms. The molecule has 2 atom stereocenters. The molecule has 0 rings (SSSR count). The summed E-state index contributed by atoms with van der Waals surface area (Å²) < 4.78 is 0. The highest BCUT2D eigenvalue weighted by molar-refractivity contribution is 5.22. The number of hydrogen-bond donors (Lipinski definition) is 0. The molecule has 0 heterocycles. The fraction of sp³-hybridized carbons (Fsp3) is 0.778. The number of hydrogen-bond acceptors (Lipinski definition) is 1. The Morgan fingerprint density at radius 3 is 2.25 bits per heavy atom. The van der Waals surface area contributed by atoms with E-state index in [4.69, 9.17) is 0 Å². The third kappa shape index (κ3) is 11.6. The van der Waals surface area contributed by atoms with Gasteiger partial charge in [0, 0.05) is 13.0 Å². The summed E-state index contributed by atoms with van der Waals surface area (Å²) in [6.45, 7) is 23.5. The Balaban J connectivity index is 5.78. The fourth-order valence-corrected chi connectivity index (χ4v) is 3.57. The van der Waals surface area contributed by atoms with Crippen LogP contribution in [0.1, 0.15) is 107 Å². The molecule has 0 aliphatic rings. The van der Waals surface area contributed by atoms with Gasteiger partial charge in [0.25, 0.3) is 0 Å². The smallest absolute Gasteiger partial charge is 0.101 e. The molecule has 162 valence electrons. The first-order chi connectivity index (χ1) is 13.1. The Bertz CT molecular complexity index is 497. The van der Waals surface area contributed by atoms with Crippen molar-refractivity contribution in [1.82, 2.24) is 4.90 Å². The topological polar surface area (TPSA) is 3.24 Å². The Hall–Kier alpha value is -1.16. The van der Waals surface area contributed by atoms with E-state index in [1.165, 1.54) is 32.1 Å². The molecule has 0 aromatic rings. The number of rotatable bonds is 13. The first-order valence-corrected chi connectivity index (χ1v) is 11.7. The van der Waals surface area contributed by atoms with Crippen LogP contribution in [0.3, 0.4) is 0 Å². The molecule has 0 bridgehead atoms. The second-order valence-corrected chi connectivity index (χ2v) is 10.1. The van der Waals surface area contributed by atoms with Crippen molar-refractivity contribution in [1.29, 1.82) is 0 Å². The zero-order valence-electron chi connectivity index (χ0n) is 20.4. The van der Waals surface area contributed by atoms with E-state index < -0.39 is 0 Å². The SMILES string of the molecule is C=CN(CC=CC(C)CC)C(C#CCCCCC)(CCC(C)C)CC(C)(C)C. The summed E-state index contributed by atoms with van der Waals surface area (Å²) >= 11 is 0. The van der Waals surface area contributed by atoms with Crippen LogP contribution in [0.2, 0.25) is 0 Å². The van der Waals surface area contributed by atoms with Gasteiger partial charge in [-0.3, -0.25) is 0 Å². The lowest BCUT2D eigenvalue weighted by Gasteiger charge is -2.43. The van der Waals surface area contributed by atoms with Crippen molar-refractivity contribution in [2.24, 2.45) is 17.3 Å². The molecular weight excluding hydrogens is 338 g/mol. The van der Waals surface area contributed by atoms with Gasteiger partial charge in [0.1, 0.15) is 5.54 Å². The van der Waals surface area contributed by atoms with Crippen LogP contribution in [0.25, 0.3) is 0 Å². The number of unbranched alkanes of at least 4 members (excludes halogenated alkanes) is 3. The lowest BCUT2D eigenvalue weighted by atomic mass is 9.75. The van der Waals surface area contributed by atoms with Crippen molar-refractivity contribution in [3.8, 4) is 11.8 Å². The summed E-state index contributed by atoms with van der Waals surface area (Å²) in [7, 11) is 0. The van der Waals surface area contributed by atoms with Crippen molar-refractivity contribution in [2.75, 3.05) is 6.54 Å². The molecular formula is C27H49N. The average Bonchev–Trinajstić information content (AvgIpc) is 2.61. The van der Waals surface area contributed by atoms with Gasteiger partial charge in [-0.2, -0.15) is 0 Å². The van der Waals surface area contributed by atoms with E-state index in [9.17, 15) is 0 Å². The molecule has 0 aromatic carbocycles. The summed E-state index contributed by atoms with van der Waals surface area (Å²) in [5.74, 6) is 8.66. The quantitative estimate of drug-likeness (QED) is 0.175. The Labute approximate surface area is 178 Å². The first kappa shape index (κ1) is 26.8. The zero-order valence-corrected chi connectivity index (χ0v) is 20.4. The van der Waals surface area contributed by atoms with E-state index in [0.717, 1.165) is 25.8 Å². The molecule has 1 nitrogen and oxygen atoms in total. The predicted octanol–water partition coefficient (Wildman–Crippen LogP) is 8.23. The third-order valence-electron chi connectivity index (χ3n) is 5.37. The van der Waals surface area contributed by atoms with Crippen molar-refractivity contribution < 1.29 is 0 Å². The van der Waals surface area contributed by atoms with E-state index in [0.29, 0.717) is 11.8 Å². The van der Waals surface area contributed by atoms with Crippen molar-refractivity contribution >= 4 is 0 Å². The molecule has 0 aromatic heterocycles. The summed E-state index contributed by atoms with van der Waals surface area (Å²) in [6.07, 6.45) is 16.0. The monoisotopic (exact) mass is 387 g/mol. The van der Waals surface area contributed by atoms with Gasteiger partial charge < -0.3 is 4.90 Å². The average molecular weight is 388 g/mol. The largest absolute Gasteiger partial charge is 0.358 e. The highest BCUT2D eigenvalue weighted by atomic mass is 15.2. The van der Waals surface area contributed by atoms with Crippen LogP contribution in [0.15, 0.2) is 24.9 Å². The second-order valence-electron chi connectivity index (χ2n) is 10.1. The molecule has 0 fully saturated rings. The van der Waals surface area contributed by atoms with Crippen LogP contribution in [-0.4, -0.2) is 17.0 Å². The lowest BCUT2D eigenvalue weighted by Crippen LogP contribution is -2.47. The summed E-state index contributed by atoms with van der Waals surface area (Å²) in [5.41, 5.74) is 0.0903. The molecule has 0 N–H and O–H groups in total. The van der Waals surface area contributed by atoms with Gasteiger partial charge in [-0.25, -0.2) is 0 Å². The molecule has 0 spiro atoms. The van der Waals surface area contributed by atoms with E-state index >= 15 is 0 Å². The van der Waals surface area contributed by atoms with Gasteiger partial charge in [0.05, 0.1) is 0 Å². The maximum Gasteiger partial charge on any atom is 0.101 e. The Morgan fingerprint density at radius 2 is 1.75 bits per heavy atom. The predicted molar refractivity (Wildman–Crippen MR) is 128 cm³/mol. The maximum atomic E-state index is 4.18. The Morgan fingerprint density at radius 1 is 1.07 bits per heavy atom. The van der Waals surface area contributed by atoms with Gasteiger partial charge in [-0.15, -0.1) is 5.92 Å². The fourth-order valence-electron chi connectivity index (χ4n) is 3.57. The summed E-state index contributed by atoms with van der Waals surface area (Å²) in [4.78, 5) is 2.42. The minimum Gasteiger partial charge on any atom is -0.358 e. The number of allylic oxidation sites excluding steroid dienone is 1. The maximum absolute atomic E-state index is 4.18. The van der Waals surface area contributed by atoms with E-state index in [1.54, 1.807) is 0 Å². The summed E-state index contributed by atoms with van der Waals surface area (Å²) in [5, 5.41) is 0. The molecule has 2 unspecified atom stereocenters. The minimum atomic E-state index is -0.129. The van der Waals surface area contributed by atoms with Crippen LogP contribution in [0, 0.1) is 29.1 Å². The molecule has 1 heteroatoms. The zero-order chi connectivity index (χ0) is 21.6. The first-order valence-electron chi connectivity index (χ1n) is 11.7. The van der Waals surface area contributed by atoms with Crippen LogP contribution >= 0.6 is 0 Å². The van der Waals surface area contributed by atoms with E-state index in [1.807, 2.05) is 6.20 Å². The van der Waals surface area contributed by atoms with E-state index in [2.05, 4.69) is 90.9 Å². The summed E-state index contributed by atoms with van der Waals surface area (Å²) in [6, 6.07) is 0. The minimum absolute atomic E-state index is 0.129. The normalized spacial score (nSPS) is 15.2. The lowest BCUT2D eigenvalue weighted by molar-refractivity contribution is 0.137. The van der Waals surface area contributed by atoms with Gasteiger partial charge in [-0.1, -0.05) is 99.3 Å². The van der Waals surface area contributed by atoms with E-state index in [-0.39, 0.29) is 11.0 Å². The standard InChI is InChI=1S/C27H49N/c1-10-13-14-15-16-20-27(21-19-24(4)5,23-26(7,8)9)28(12-3)22-17-18-25(6)11-2/h12,17-18,24-25H,3,10-11,13-15,19,21-23H2,1-2,4-9H3. The highest BCUT2D eigenvalue weighted by Crippen LogP contribution is 2.36. The van der Waals surface area contributed by atoms with Gasteiger partial charge in [0.2, 0.25) is 0 Å². The van der Waals surface area contributed by atoms with Crippen molar-refractivity contribution in [3.05, 3.63) is 24.9 Å². The van der Waals surface area contributed by atoms with Crippen molar-refractivity contribution in [3.63, 3.8) is 0 Å². The molecule has 0 radical (unpaired) electrons. The van der Waals surface area contributed by atoms with Gasteiger partial charge in [-0.05, 0) is 49.1 Å². The third-order valence-corrected chi connectivity index (χ3v) is 5.37. The van der Waals surface area contributed by atoms with Crippen molar-refractivity contribution in [2.45, 2.75) is 112 Å². The van der Waals surface area contributed by atoms with Crippen LogP contribution in [-0.2, 0) is 0 Å². The number of nitrogens with zero attached hydrogens (tertiary/aromatic N) is 1. The second kappa shape index (κ2) is 13.9. The van der Waals surface area contributed by atoms with Crippen LogP contribution in [0.5, 0.6) is 0 Å². The van der Waals surface area contributed by atoms with Crippen LogP contribution in [0.4, 0.5) is 0 Å². The molecule has 0 saturated carbocycles.